The molecule has 1 unspecified atom stereocenters. The Hall–Kier alpha value is -0.610. The monoisotopic (exact) mass is 268 g/mol. The smallest absolute Gasteiger partial charge is 0.225 e. The van der Waals surface area contributed by atoms with Gasteiger partial charge in [0.25, 0.3) is 0 Å². The molecule has 0 bridgehead atoms. The van der Waals surface area contributed by atoms with Crippen LogP contribution in [0.5, 0.6) is 0 Å². The molecule has 4 nitrogen and oxygen atoms in total. The maximum Gasteiger partial charge on any atom is 0.225 e. The minimum Gasteiger partial charge on any atom is -0.378 e. The fraction of sp³-hybridized carbons (Fsp3) is 0.933. The van der Waals surface area contributed by atoms with Gasteiger partial charge in [-0.3, -0.25) is 4.79 Å². The van der Waals surface area contributed by atoms with Gasteiger partial charge in [-0.15, -0.1) is 0 Å². The predicted octanol–water partition coefficient (Wildman–Crippen LogP) is 1.94. The first kappa shape index (κ1) is 14.8. The SMILES string of the molecule is CCC1CCCCN1C(=O)CCOC1CCNCC1. The fourth-order valence-corrected chi connectivity index (χ4v) is 3.17. The first-order chi connectivity index (χ1) is 9.31. The van der Waals surface area contributed by atoms with Gasteiger partial charge >= 0.3 is 0 Å². The van der Waals surface area contributed by atoms with Gasteiger partial charge in [0.2, 0.25) is 5.91 Å². The second-order valence-corrected chi connectivity index (χ2v) is 5.72. The highest BCUT2D eigenvalue weighted by Crippen LogP contribution is 2.20. The number of carbonyl (C=O) groups excluding carboxylic acids is 1. The molecule has 4 heteroatoms. The maximum absolute atomic E-state index is 12.2. The van der Waals surface area contributed by atoms with E-state index in [1.807, 2.05) is 0 Å². The van der Waals surface area contributed by atoms with Gasteiger partial charge < -0.3 is 15.0 Å². The molecular formula is C15H28N2O2. The molecule has 1 amide bonds. The Morgan fingerprint density at radius 2 is 2.05 bits per heavy atom. The van der Waals surface area contributed by atoms with Crippen molar-refractivity contribution < 1.29 is 9.53 Å². The molecule has 2 fully saturated rings. The Balaban J connectivity index is 1.67. The number of hydrogen-bond donors (Lipinski definition) is 1. The fourth-order valence-electron chi connectivity index (χ4n) is 3.17. The zero-order chi connectivity index (χ0) is 13.5. The van der Waals surface area contributed by atoms with Crippen LogP contribution in [-0.2, 0) is 9.53 Å². The van der Waals surface area contributed by atoms with E-state index in [9.17, 15) is 4.79 Å². The van der Waals surface area contributed by atoms with Crippen LogP contribution in [0, 0.1) is 0 Å². The van der Waals surface area contributed by atoms with Crippen LogP contribution in [0.2, 0.25) is 0 Å². The first-order valence-corrected chi connectivity index (χ1v) is 7.93. The molecule has 19 heavy (non-hydrogen) atoms. The van der Waals surface area contributed by atoms with Gasteiger partial charge in [-0.2, -0.15) is 0 Å². The average Bonchev–Trinajstić information content (AvgIpc) is 2.48. The third kappa shape index (κ3) is 4.46. The number of likely N-dealkylation sites (tertiary alicyclic amines) is 1. The topological polar surface area (TPSA) is 41.6 Å². The summed E-state index contributed by atoms with van der Waals surface area (Å²) in [5, 5.41) is 3.32. The van der Waals surface area contributed by atoms with Gasteiger partial charge in [0.15, 0.2) is 0 Å². The molecule has 1 atom stereocenters. The Morgan fingerprint density at radius 1 is 1.26 bits per heavy atom. The van der Waals surface area contributed by atoms with Crippen LogP contribution in [0.3, 0.4) is 0 Å². The number of amides is 1. The number of rotatable bonds is 5. The van der Waals surface area contributed by atoms with Gasteiger partial charge in [-0.1, -0.05) is 6.92 Å². The van der Waals surface area contributed by atoms with Crippen LogP contribution < -0.4 is 5.32 Å². The van der Waals surface area contributed by atoms with Gasteiger partial charge in [0.1, 0.15) is 0 Å². The lowest BCUT2D eigenvalue weighted by molar-refractivity contribution is -0.136. The minimum atomic E-state index is 0.292. The molecule has 0 aromatic heterocycles. The van der Waals surface area contributed by atoms with E-state index >= 15 is 0 Å². The van der Waals surface area contributed by atoms with E-state index in [0.717, 1.165) is 45.3 Å². The summed E-state index contributed by atoms with van der Waals surface area (Å²) >= 11 is 0. The Morgan fingerprint density at radius 3 is 2.79 bits per heavy atom. The molecular weight excluding hydrogens is 240 g/mol. The second kappa shape index (κ2) is 7.85. The number of carbonyl (C=O) groups is 1. The van der Waals surface area contributed by atoms with E-state index < -0.39 is 0 Å². The van der Waals surface area contributed by atoms with Crippen molar-refractivity contribution in [3.05, 3.63) is 0 Å². The van der Waals surface area contributed by atoms with Crippen LogP contribution in [0.4, 0.5) is 0 Å². The molecule has 1 N–H and O–H groups in total. The molecule has 2 heterocycles. The summed E-state index contributed by atoms with van der Waals surface area (Å²) in [6.45, 7) is 5.81. The van der Waals surface area contributed by atoms with Crippen LogP contribution in [0.15, 0.2) is 0 Å². The molecule has 2 aliphatic rings. The van der Waals surface area contributed by atoms with E-state index in [2.05, 4.69) is 17.1 Å². The van der Waals surface area contributed by atoms with Crippen molar-refractivity contribution >= 4 is 5.91 Å². The quantitative estimate of drug-likeness (QED) is 0.828. The lowest BCUT2D eigenvalue weighted by atomic mass is 10.00. The van der Waals surface area contributed by atoms with Gasteiger partial charge in [0, 0.05) is 12.6 Å². The number of nitrogens with zero attached hydrogens (tertiary/aromatic N) is 1. The molecule has 0 radical (unpaired) electrons. The minimum absolute atomic E-state index is 0.292. The second-order valence-electron chi connectivity index (χ2n) is 5.72. The van der Waals surface area contributed by atoms with Crippen LogP contribution in [-0.4, -0.2) is 49.2 Å². The summed E-state index contributed by atoms with van der Waals surface area (Å²) < 4.78 is 5.83. The summed E-state index contributed by atoms with van der Waals surface area (Å²) in [5.74, 6) is 0.292. The van der Waals surface area contributed by atoms with Crippen LogP contribution in [0.1, 0.15) is 51.9 Å². The highest BCUT2D eigenvalue weighted by molar-refractivity contribution is 5.76. The van der Waals surface area contributed by atoms with E-state index in [4.69, 9.17) is 4.74 Å². The number of hydrogen-bond acceptors (Lipinski definition) is 3. The lowest BCUT2D eigenvalue weighted by Gasteiger charge is -2.35. The van der Waals surface area contributed by atoms with Crippen molar-refractivity contribution in [2.75, 3.05) is 26.2 Å². The highest BCUT2D eigenvalue weighted by atomic mass is 16.5. The Kier molecular flexibility index (Phi) is 6.11. The van der Waals surface area contributed by atoms with Crippen molar-refractivity contribution in [3.8, 4) is 0 Å². The standard InChI is InChI=1S/C15H28N2O2/c1-2-13-5-3-4-11-17(13)15(18)8-12-19-14-6-9-16-10-7-14/h13-14,16H,2-12H2,1H3. The average molecular weight is 268 g/mol. The van der Waals surface area contributed by atoms with Crippen molar-refractivity contribution in [2.45, 2.75) is 64.0 Å². The largest absolute Gasteiger partial charge is 0.378 e. The van der Waals surface area contributed by atoms with Crippen molar-refractivity contribution in [1.82, 2.24) is 10.2 Å². The third-order valence-corrected chi connectivity index (χ3v) is 4.37. The maximum atomic E-state index is 12.2. The first-order valence-electron chi connectivity index (χ1n) is 7.93. The highest BCUT2D eigenvalue weighted by Gasteiger charge is 2.25. The summed E-state index contributed by atoms with van der Waals surface area (Å²) in [7, 11) is 0. The number of ether oxygens (including phenoxy) is 1. The van der Waals surface area contributed by atoms with Gasteiger partial charge in [0.05, 0.1) is 19.1 Å². The summed E-state index contributed by atoms with van der Waals surface area (Å²) in [4.78, 5) is 14.3. The van der Waals surface area contributed by atoms with E-state index in [1.54, 1.807) is 0 Å². The lowest BCUT2D eigenvalue weighted by Crippen LogP contribution is -2.43. The molecule has 0 aromatic rings. The predicted molar refractivity (Wildman–Crippen MR) is 76.1 cm³/mol. The molecule has 0 aromatic carbocycles. The van der Waals surface area contributed by atoms with Crippen molar-refractivity contribution in [2.24, 2.45) is 0 Å². The van der Waals surface area contributed by atoms with Gasteiger partial charge in [-0.05, 0) is 51.6 Å². The molecule has 110 valence electrons. The molecule has 2 saturated heterocycles. The van der Waals surface area contributed by atoms with Gasteiger partial charge in [-0.25, -0.2) is 0 Å². The molecule has 0 spiro atoms. The summed E-state index contributed by atoms with van der Waals surface area (Å²) in [5.41, 5.74) is 0. The summed E-state index contributed by atoms with van der Waals surface area (Å²) in [6, 6.07) is 0.472. The number of nitrogens with one attached hydrogen (secondary N) is 1. The van der Waals surface area contributed by atoms with Crippen LogP contribution >= 0.6 is 0 Å². The molecule has 0 aliphatic carbocycles. The molecule has 2 aliphatic heterocycles. The summed E-state index contributed by atoms with van der Waals surface area (Å²) in [6.07, 6.45) is 7.77. The zero-order valence-corrected chi connectivity index (χ0v) is 12.2. The van der Waals surface area contributed by atoms with Crippen molar-refractivity contribution in [3.63, 3.8) is 0 Å². The number of piperidine rings is 2. The third-order valence-electron chi connectivity index (χ3n) is 4.37. The molecule has 2 rings (SSSR count). The Bertz CT molecular complexity index is 277. The Labute approximate surface area is 116 Å². The van der Waals surface area contributed by atoms with Crippen molar-refractivity contribution in [1.29, 1.82) is 0 Å². The normalized spacial score (nSPS) is 25.5. The van der Waals surface area contributed by atoms with Crippen LogP contribution in [0.25, 0.3) is 0 Å². The van der Waals surface area contributed by atoms with E-state index in [-0.39, 0.29) is 0 Å². The molecule has 0 saturated carbocycles. The van der Waals surface area contributed by atoms with E-state index in [1.165, 1.54) is 12.8 Å². The zero-order valence-electron chi connectivity index (χ0n) is 12.2. The van der Waals surface area contributed by atoms with E-state index in [0.29, 0.717) is 31.1 Å².